The van der Waals surface area contributed by atoms with Gasteiger partial charge in [-0.1, -0.05) is 13.0 Å². The van der Waals surface area contributed by atoms with Gasteiger partial charge in [0.25, 0.3) is 0 Å². The first kappa shape index (κ1) is 16.3. The van der Waals surface area contributed by atoms with Gasteiger partial charge in [0.15, 0.2) is 5.96 Å². The molecule has 1 atom stereocenters. The first-order valence-corrected chi connectivity index (χ1v) is 7.09. The molecule has 4 nitrogen and oxygen atoms in total. The second-order valence-electron chi connectivity index (χ2n) is 4.52. The summed E-state index contributed by atoms with van der Waals surface area (Å²) in [5.74, 6) is 1.02. The fourth-order valence-electron chi connectivity index (χ4n) is 1.53. The van der Waals surface area contributed by atoms with Crippen molar-refractivity contribution in [2.24, 2.45) is 4.99 Å². The van der Waals surface area contributed by atoms with Gasteiger partial charge in [-0.3, -0.25) is 0 Å². The highest BCUT2D eigenvalue weighted by Gasteiger charge is 2.02. The van der Waals surface area contributed by atoms with Crippen LogP contribution in [0.3, 0.4) is 0 Å². The normalized spacial score (nSPS) is 12.9. The molecule has 0 aliphatic heterocycles. The summed E-state index contributed by atoms with van der Waals surface area (Å²) in [5, 5.41) is 6.48. The molecule has 0 spiro atoms. The summed E-state index contributed by atoms with van der Waals surface area (Å²) in [5.41, 5.74) is 0. The Labute approximate surface area is 120 Å². The molecule has 5 heteroatoms. The van der Waals surface area contributed by atoms with Crippen molar-refractivity contribution in [1.82, 2.24) is 10.6 Å². The van der Waals surface area contributed by atoms with E-state index in [4.69, 9.17) is 4.74 Å². The Kier molecular flexibility index (Phi) is 7.47. The molecule has 2 N–H and O–H groups in total. The maximum absolute atomic E-state index is 13.0. The van der Waals surface area contributed by atoms with Crippen molar-refractivity contribution in [3.8, 4) is 5.75 Å². The second-order valence-corrected chi connectivity index (χ2v) is 4.52. The van der Waals surface area contributed by atoms with E-state index in [9.17, 15) is 4.39 Å². The van der Waals surface area contributed by atoms with E-state index < -0.39 is 0 Å². The number of guanidine groups is 1. The third-order valence-corrected chi connectivity index (χ3v) is 2.77. The van der Waals surface area contributed by atoms with Gasteiger partial charge in [0.1, 0.15) is 18.2 Å². The maximum Gasteiger partial charge on any atom is 0.191 e. The number of nitrogens with zero attached hydrogens (tertiary/aromatic N) is 1. The molecule has 0 saturated carbocycles. The average Bonchev–Trinajstić information content (AvgIpc) is 2.43. The predicted octanol–water partition coefficient (Wildman–Crippen LogP) is 2.56. The lowest BCUT2D eigenvalue weighted by molar-refractivity contribution is 0.326. The van der Waals surface area contributed by atoms with Crippen molar-refractivity contribution in [3.63, 3.8) is 0 Å². The van der Waals surface area contributed by atoms with E-state index >= 15 is 0 Å². The van der Waals surface area contributed by atoms with Crippen LogP contribution in [0.2, 0.25) is 0 Å². The van der Waals surface area contributed by atoms with Crippen LogP contribution in [0.5, 0.6) is 5.75 Å². The predicted molar refractivity (Wildman–Crippen MR) is 80.8 cm³/mol. The third-order valence-electron chi connectivity index (χ3n) is 2.77. The highest BCUT2D eigenvalue weighted by molar-refractivity contribution is 5.80. The van der Waals surface area contributed by atoms with Gasteiger partial charge in [0.2, 0.25) is 0 Å². The monoisotopic (exact) mass is 281 g/mol. The molecule has 0 fully saturated rings. The molecule has 0 bridgehead atoms. The van der Waals surface area contributed by atoms with E-state index in [-0.39, 0.29) is 5.82 Å². The zero-order valence-corrected chi connectivity index (χ0v) is 12.4. The molecule has 0 saturated heterocycles. The van der Waals surface area contributed by atoms with E-state index in [0.29, 0.717) is 24.9 Å². The lowest BCUT2D eigenvalue weighted by atomic mass is 10.3. The summed E-state index contributed by atoms with van der Waals surface area (Å²) >= 11 is 0. The molecule has 1 aromatic rings. The summed E-state index contributed by atoms with van der Waals surface area (Å²) in [6.07, 6.45) is 1.03. The van der Waals surface area contributed by atoms with Gasteiger partial charge in [-0.15, -0.1) is 0 Å². The molecule has 0 aromatic heterocycles. The summed E-state index contributed by atoms with van der Waals surface area (Å²) in [6, 6.07) is 6.49. The number of hydrogen-bond donors (Lipinski definition) is 2. The van der Waals surface area contributed by atoms with Gasteiger partial charge in [0.05, 0.1) is 6.54 Å². The molecule has 0 aliphatic carbocycles. The number of ether oxygens (including phenoxy) is 1. The minimum atomic E-state index is -0.294. The number of halogens is 1. The standard InChI is InChI=1S/C15H24FN3O/c1-4-12(3)19-15(17-5-2)18-9-10-20-14-8-6-7-13(16)11-14/h6-8,11-12H,4-5,9-10H2,1-3H3,(H2,17,18,19). The van der Waals surface area contributed by atoms with Gasteiger partial charge in [-0.05, 0) is 32.4 Å². The van der Waals surface area contributed by atoms with Crippen molar-refractivity contribution in [1.29, 1.82) is 0 Å². The summed E-state index contributed by atoms with van der Waals surface area (Å²) in [7, 11) is 0. The molecule has 20 heavy (non-hydrogen) atoms. The number of hydrogen-bond acceptors (Lipinski definition) is 2. The Morgan fingerprint density at radius 3 is 2.85 bits per heavy atom. The van der Waals surface area contributed by atoms with Crippen LogP contribution in [0.15, 0.2) is 29.3 Å². The number of aliphatic imine (C=N–C) groups is 1. The molecule has 1 unspecified atom stereocenters. The zero-order chi connectivity index (χ0) is 14.8. The summed E-state index contributed by atoms with van der Waals surface area (Å²) in [6.45, 7) is 8.00. The SMILES string of the molecule is CCNC(=NCCOc1cccc(F)c1)NC(C)CC. The van der Waals surface area contributed by atoms with Crippen LogP contribution in [0.1, 0.15) is 27.2 Å². The van der Waals surface area contributed by atoms with Crippen LogP contribution in [-0.4, -0.2) is 31.7 Å². The maximum atomic E-state index is 13.0. The van der Waals surface area contributed by atoms with Gasteiger partial charge < -0.3 is 15.4 Å². The van der Waals surface area contributed by atoms with Crippen molar-refractivity contribution in [3.05, 3.63) is 30.1 Å². The van der Waals surface area contributed by atoms with Crippen molar-refractivity contribution in [2.45, 2.75) is 33.2 Å². The Bertz CT molecular complexity index is 423. The Morgan fingerprint density at radius 2 is 2.20 bits per heavy atom. The molecule has 0 heterocycles. The molecular formula is C15H24FN3O. The minimum Gasteiger partial charge on any atom is -0.492 e. The first-order chi connectivity index (χ1) is 9.65. The van der Waals surface area contributed by atoms with Crippen molar-refractivity contribution >= 4 is 5.96 Å². The smallest absolute Gasteiger partial charge is 0.191 e. The second kappa shape index (κ2) is 9.18. The lowest BCUT2D eigenvalue weighted by Gasteiger charge is -2.16. The van der Waals surface area contributed by atoms with Crippen LogP contribution in [0.25, 0.3) is 0 Å². The highest BCUT2D eigenvalue weighted by atomic mass is 19.1. The van der Waals surface area contributed by atoms with Gasteiger partial charge in [0, 0.05) is 18.7 Å². The van der Waals surface area contributed by atoms with Crippen LogP contribution < -0.4 is 15.4 Å². The molecular weight excluding hydrogens is 257 g/mol. The van der Waals surface area contributed by atoms with Crippen LogP contribution in [0.4, 0.5) is 4.39 Å². The first-order valence-electron chi connectivity index (χ1n) is 7.09. The molecule has 1 rings (SSSR count). The fraction of sp³-hybridized carbons (Fsp3) is 0.533. The van der Waals surface area contributed by atoms with E-state index in [1.807, 2.05) is 6.92 Å². The number of nitrogens with one attached hydrogen (secondary N) is 2. The molecule has 1 aromatic carbocycles. The Morgan fingerprint density at radius 1 is 1.40 bits per heavy atom. The van der Waals surface area contributed by atoms with E-state index in [0.717, 1.165) is 18.9 Å². The molecule has 112 valence electrons. The molecule has 0 aliphatic rings. The van der Waals surface area contributed by atoms with Crippen LogP contribution in [-0.2, 0) is 0 Å². The van der Waals surface area contributed by atoms with E-state index in [2.05, 4.69) is 29.5 Å². The largest absolute Gasteiger partial charge is 0.492 e. The quantitative estimate of drug-likeness (QED) is 0.459. The number of benzene rings is 1. The van der Waals surface area contributed by atoms with E-state index in [1.54, 1.807) is 12.1 Å². The number of rotatable bonds is 7. The van der Waals surface area contributed by atoms with Crippen LogP contribution in [0, 0.1) is 5.82 Å². The molecule has 0 amide bonds. The highest BCUT2D eigenvalue weighted by Crippen LogP contribution is 2.11. The topological polar surface area (TPSA) is 45.7 Å². The van der Waals surface area contributed by atoms with Crippen molar-refractivity contribution in [2.75, 3.05) is 19.7 Å². The third kappa shape index (κ3) is 6.41. The van der Waals surface area contributed by atoms with Gasteiger partial charge in [-0.25, -0.2) is 9.38 Å². The van der Waals surface area contributed by atoms with Crippen LogP contribution >= 0.6 is 0 Å². The average molecular weight is 281 g/mol. The van der Waals surface area contributed by atoms with E-state index in [1.165, 1.54) is 12.1 Å². The zero-order valence-electron chi connectivity index (χ0n) is 12.4. The van der Waals surface area contributed by atoms with Gasteiger partial charge >= 0.3 is 0 Å². The van der Waals surface area contributed by atoms with Gasteiger partial charge in [-0.2, -0.15) is 0 Å². The summed E-state index contributed by atoms with van der Waals surface area (Å²) in [4.78, 5) is 4.41. The molecule has 0 radical (unpaired) electrons. The summed E-state index contributed by atoms with van der Waals surface area (Å²) < 4.78 is 18.4. The fourth-order valence-corrected chi connectivity index (χ4v) is 1.53. The Balaban J connectivity index is 2.39. The lowest BCUT2D eigenvalue weighted by Crippen LogP contribution is -2.42. The van der Waals surface area contributed by atoms with Crippen molar-refractivity contribution < 1.29 is 9.13 Å². The Hall–Kier alpha value is -1.78. The minimum absolute atomic E-state index is 0.294.